The first-order valence-corrected chi connectivity index (χ1v) is 8.30. The summed E-state index contributed by atoms with van der Waals surface area (Å²) < 4.78 is 0. The Balaban J connectivity index is 1.99. The smallest absolute Gasteiger partial charge is 0.274 e. The van der Waals surface area contributed by atoms with Crippen LogP contribution in [0.15, 0.2) is 18.2 Å². The van der Waals surface area contributed by atoms with Crippen LogP contribution in [0.25, 0.3) is 0 Å². The van der Waals surface area contributed by atoms with Gasteiger partial charge in [0.1, 0.15) is 0 Å². The van der Waals surface area contributed by atoms with E-state index in [1.165, 1.54) is 31.2 Å². The largest absolute Gasteiger partial charge is 0.299 e. The number of hydroxylamine groups is 1. The van der Waals surface area contributed by atoms with Gasteiger partial charge in [-0.15, -0.1) is 0 Å². The van der Waals surface area contributed by atoms with Gasteiger partial charge in [-0.2, -0.15) is 0 Å². The summed E-state index contributed by atoms with van der Waals surface area (Å²) in [6.45, 7) is 9.90. The first kappa shape index (κ1) is 17.0. The van der Waals surface area contributed by atoms with E-state index in [0.717, 1.165) is 25.2 Å². The average molecular weight is 304 g/mol. The predicted molar refractivity (Wildman–Crippen MR) is 88.0 cm³/mol. The first-order valence-electron chi connectivity index (χ1n) is 8.30. The molecule has 4 nitrogen and oxygen atoms in total. The topological polar surface area (TPSA) is 52.6 Å². The number of nitrogens with one attached hydrogen (secondary N) is 1. The number of benzene rings is 1. The Morgan fingerprint density at radius 1 is 1.27 bits per heavy atom. The SMILES string of the molecule is CCC1(CC)CCN(Cc2ccc(C(=O)NO)cc2C)CC1. The zero-order chi connectivity index (χ0) is 16.2. The van der Waals surface area contributed by atoms with E-state index in [-0.39, 0.29) is 0 Å². The minimum atomic E-state index is -0.455. The molecule has 122 valence electrons. The molecule has 0 aliphatic carbocycles. The molecule has 2 rings (SSSR count). The summed E-state index contributed by atoms with van der Waals surface area (Å²) >= 11 is 0. The molecule has 0 spiro atoms. The molecule has 1 heterocycles. The summed E-state index contributed by atoms with van der Waals surface area (Å²) in [6, 6.07) is 5.62. The summed E-state index contributed by atoms with van der Waals surface area (Å²) in [7, 11) is 0. The van der Waals surface area contributed by atoms with Crippen LogP contribution in [-0.2, 0) is 6.54 Å². The highest BCUT2D eigenvalue weighted by molar-refractivity contribution is 5.93. The summed E-state index contributed by atoms with van der Waals surface area (Å²) in [6.07, 6.45) is 5.12. The molecule has 0 saturated carbocycles. The van der Waals surface area contributed by atoms with Crippen LogP contribution in [0.3, 0.4) is 0 Å². The zero-order valence-electron chi connectivity index (χ0n) is 14.0. The average Bonchev–Trinajstić information content (AvgIpc) is 2.57. The molecule has 1 aliphatic heterocycles. The van der Waals surface area contributed by atoms with Crippen LogP contribution in [0, 0.1) is 12.3 Å². The second-order valence-electron chi connectivity index (χ2n) is 6.57. The number of piperidine rings is 1. The Morgan fingerprint density at radius 2 is 1.91 bits per heavy atom. The lowest BCUT2D eigenvalue weighted by molar-refractivity contribution is 0.0706. The highest BCUT2D eigenvalue weighted by Crippen LogP contribution is 2.38. The summed E-state index contributed by atoms with van der Waals surface area (Å²) in [4.78, 5) is 13.9. The quantitative estimate of drug-likeness (QED) is 0.646. The Labute approximate surface area is 133 Å². The molecule has 1 fully saturated rings. The summed E-state index contributed by atoms with van der Waals surface area (Å²) in [5.41, 5.74) is 5.09. The van der Waals surface area contributed by atoms with Crippen LogP contribution in [0.4, 0.5) is 0 Å². The van der Waals surface area contributed by atoms with Gasteiger partial charge in [0.05, 0.1) is 0 Å². The van der Waals surface area contributed by atoms with Crippen molar-refractivity contribution in [2.75, 3.05) is 13.1 Å². The monoisotopic (exact) mass is 304 g/mol. The van der Waals surface area contributed by atoms with Gasteiger partial charge in [0.15, 0.2) is 0 Å². The van der Waals surface area contributed by atoms with Crippen LogP contribution in [0.5, 0.6) is 0 Å². The van der Waals surface area contributed by atoms with Crippen molar-refractivity contribution >= 4 is 5.91 Å². The number of hydrogen-bond acceptors (Lipinski definition) is 3. The molecule has 0 aromatic heterocycles. The third-order valence-electron chi connectivity index (χ3n) is 5.52. The van der Waals surface area contributed by atoms with Gasteiger partial charge in [0.2, 0.25) is 0 Å². The van der Waals surface area contributed by atoms with Gasteiger partial charge in [-0.3, -0.25) is 14.9 Å². The second kappa shape index (κ2) is 7.25. The molecule has 1 aliphatic rings. The van der Waals surface area contributed by atoms with Crippen LogP contribution in [0.1, 0.15) is 61.0 Å². The third kappa shape index (κ3) is 3.68. The van der Waals surface area contributed by atoms with E-state index in [4.69, 9.17) is 5.21 Å². The zero-order valence-corrected chi connectivity index (χ0v) is 14.0. The van der Waals surface area contributed by atoms with Gasteiger partial charge in [0.25, 0.3) is 5.91 Å². The maximum atomic E-state index is 11.4. The van der Waals surface area contributed by atoms with Crippen molar-refractivity contribution in [3.8, 4) is 0 Å². The Bertz CT molecular complexity index is 514. The van der Waals surface area contributed by atoms with Gasteiger partial charge in [-0.25, -0.2) is 5.48 Å². The van der Waals surface area contributed by atoms with Crippen molar-refractivity contribution in [1.29, 1.82) is 0 Å². The van der Waals surface area contributed by atoms with Gasteiger partial charge in [-0.1, -0.05) is 32.8 Å². The van der Waals surface area contributed by atoms with Crippen molar-refractivity contribution in [2.24, 2.45) is 5.41 Å². The molecule has 0 unspecified atom stereocenters. The van der Waals surface area contributed by atoms with Crippen LogP contribution < -0.4 is 5.48 Å². The molecule has 1 aromatic rings. The molecule has 22 heavy (non-hydrogen) atoms. The van der Waals surface area contributed by atoms with Gasteiger partial charge < -0.3 is 0 Å². The van der Waals surface area contributed by atoms with E-state index in [9.17, 15) is 4.79 Å². The lowest BCUT2D eigenvalue weighted by Gasteiger charge is -2.41. The number of amides is 1. The summed E-state index contributed by atoms with van der Waals surface area (Å²) in [5.74, 6) is -0.455. The van der Waals surface area contributed by atoms with Gasteiger partial charge in [0, 0.05) is 12.1 Å². The van der Waals surface area contributed by atoms with Crippen LogP contribution >= 0.6 is 0 Å². The fraction of sp³-hybridized carbons (Fsp3) is 0.611. The first-order chi connectivity index (χ1) is 10.5. The number of likely N-dealkylation sites (tertiary alicyclic amines) is 1. The number of rotatable bonds is 5. The van der Waals surface area contributed by atoms with Crippen molar-refractivity contribution in [1.82, 2.24) is 10.4 Å². The number of hydrogen-bond donors (Lipinski definition) is 2. The van der Waals surface area contributed by atoms with Crippen molar-refractivity contribution in [2.45, 2.75) is 53.0 Å². The number of nitrogens with zero attached hydrogens (tertiary/aromatic N) is 1. The number of carbonyl (C=O) groups is 1. The van der Waals surface area contributed by atoms with E-state index >= 15 is 0 Å². The third-order valence-corrected chi connectivity index (χ3v) is 5.52. The normalized spacial score (nSPS) is 18.2. The fourth-order valence-electron chi connectivity index (χ4n) is 3.46. The molecule has 0 atom stereocenters. The minimum absolute atomic E-state index is 0.455. The molecular formula is C18H28N2O2. The van der Waals surface area contributed by atoms with E-state index in [0.29, 0.717) is 11.0 Å². The van der Waals surface area contributed by atoms with Crippen molar-refractivity contribution < 1.29 is 10.0 Å². The Hall–Kier alpha value is -1.39. The predicted octanol–water partition coefficient (Wildman–Crippen LogP) is 3.52. The molecule has 1 saturated heterocycles. The molecule has 1 amide bonds. The van der Waals surface area contributed by atoms with E-state index in [1.54, 1.807) is 11.5 Å². The minimum Gasteiger partial charge on any atom is -0.299 e. The number of aryl methyl sites for hydroxylation is 1. The molecule has 1 aromatic carbocycles. The van der Waals surface area contributed by atoms with Crippen molar-refractivity contribution in [3.63, 3.8) is 0 Å². The molecule has 0 radical (unpaired) electrons. The van der Waals surface area contributed by atoms with Crippen molar-refractivity contribution in [3.05, 3.63) is 34.9 Å². The van der Waals surface area contributed by atoms with Crippen LogP contribution in [0.2, 0.25) is 0 Å². The highest BCUT2D eigenvalue weighted by atomic mass is 16.5. The van der Waals surface area contributed by atoms with E-state index in [2.05, 4.69) is 18.7 Å². The second-order valence-corrected chi connectivity index (χ2v) is 6.57. The van der Waals surface area contributed by atoms with E-state index in [1.807, 2.05) is 19.1 Å². The molecule has 0 bridgehead atoms. The van der Waals surface area contributed by atoms with Crippen LogP contribution in [-0.4, -0.2) is 29.1 Å². The maximum Gasteiger partial charge on any atom is 0.274 e. The Kier molecular flexibility index (Phi) is 5.59. The van der Waals surface area contributed by atoms with E-state index < -0.39 is 5.91 Å². The standard InChI is InChI=1S/C18H28N2O2/c1-4-18(5-2)8-10-20(11-9-18)13-16-7-6-15(12-14(16)3)17(21)19-22/h6-7,12,22H,4-5,8-11,13H2,1-3H3,(H,19,21). The van der Waals surface area contributed by atoms with Gasteiger partial charge in [-0.05, 0) is 61.5 Å². The fourth-order valence-corrected chi connectivity index (χ4v) is 3.46. The molecule has 4 heteroatoms. The lowest BCUT2D eigenvalue weighted by atomic mass is 9.74. The molecule has 2 N–H and O–H groups in total. The molecular weight excluding hydrogens is 276 g/mol. The lowest BCUT2D eigenvalue weighted by Crippen LogP contribution is -2.39. The highest BCUT2D eigenvalue weighted by Gasteiger charge is 2.31. The van der Waals surface area contributed by atoms with Gasteiger partial charge >= 0.3 is 0 Å². The summed E-state index contributed by atoms with van der Waals surface area (Å²) in [5, 5.41) is 8.70. The number of carbonyl (C=O) groups excluding carboxylic acids is 1. The maximum absolute atomic E-state index is 11.4. The Morgan fingerprint density at radius 3 is 2.41 bits per heavy atom.